The van der Waals surface area contributed by atoms with Crippen LogP contribution in [-0.2, 0) is 0 Å². The summed E-state index contributed by atoms with van der Waals surface area (Å²) in [6.45, 7) is 3.41. The molecule has 0 aliphatic heterocycles. The molecule has 1 N–H and O–H groups in total. The van der Waals surface area contributed by atoms with E-state index in [4.69, 9.17) is 0 Å². The van der Waals surface area contributed by atoms with E-state index < -0.39 is 0 Å². The van der Waals surface area contributed by atoms with Gasteiger partial charge < -0.3 is 10.2 Å². The average Bonchev–Trinajstić information content (AvgIpc) is 2.48. The van der Waals surface area contributed by atoms with Crippen LogP contribution in [0.25, 0.3) is 0 Å². The maximum Gasteiger partial charge on any atom is 0.0105 e. The van der Waals surface area contributed by atoms with Gasteiger partial charge in [0.2, 0.25) is 0 Å². The second-order valence-corrected chi connectivity index (χ2v) is 4.08. The van der Waals surface area contributed by atoms with Crippen molar-refractivity contribution in [2.75, 3.05) is 20.6 Å². The van der Waals surface area contributed by atoms with Crippen molar-refractivity contribution in [3.05, 3.63) is 0 Å². The summed E-state index contributed by atoms with van der Waals surface area (Å²) in [5.41, 5.74) is 0. The molecule has 0 bridgehead atoms. The summed E-state index contributed by atoms with van der Waals surface area (Å²) in [5, 5.41) is 3.59. The fourth-order valence-electron chi connectivity index (χ4n) is 1.96. The minimum Gasteiger partial charge on any atom is -0.314 e. The Morgan fingerprint density at radius 2 is 2.08 bits per heavy atom. The van der Waals surface area contributed by atoms with E-state index in [1.54, 1.807) is 0 Å². The summed E-state index contributed by atoms with van der Waals surface area (Å²) >= 11 is 0. The molecular weight excluding hydrogens is 148 g/mol. The first-order valence-electron chi connectivity index (χ1n) is 5.13. The molecule has 0 heterocycles. The Balaban J connectivity index is 2.17. The molecule has 1 fully saturated rings. The number of nitrogens with one attached hydrogen (secondary N) is 1. The van der Waals surface area contributed by atoms with Gasteiger partial charge in [-0.15, -0.1) is 0 Å². The van der Waals surface area contributed by atoms with Gasteiger partial charge in [0.15, 0.2) is 0 Å². The first-order chi connectivity index (χ1) is 5.74. The Bertz CT molecular complexity index is 123. The standard InChI is InChI=1S/C10H22N2/c1-4-7-11-9-5-6-10(8-9)12(2)3/h9-11H,4-8H2,1-3H3. The second-order valence-electron chi connectivity index (χ2n) is 4.08. The topological polar surface area (TPSA) is 15.3 Å². The molecule has 2 heteroatoms. The van der Waals surface area contributed by atoms with Gasteiger partial charge in [0.05, 0.1) is 0 Å². The smallest absolute Gasteiger partial charge is 0.0105 e. The molecule has 0 spiro atoms. The first kappa shape index (κ1) is 10.0. The van der Waals surface area contributed by atoms with Gasteiger partial charge in [0.1, 0.15) is 0 Å². The largest absolute Gasteiger partial charge is 0.314 e. The molecule has 72 valence electrons. The van der Waals surface area contributed by atoms with Gasteiger partial charge in [0.25, 0.3) is 0 Å². The van der Waals surface area contributed by atoms with Gasteiger partial charge in [0, 0.05) is 12.1 Å². The van der Waals surface area contributed by atoms with E-state index in [0.717, 1.165) is 12.1 Å². The Morgan fingerprint density at radius 1 is 1.33 bits per heavy atom. The minimum atomic E-state index is 0.789. The molecule has 0 aromatic heterocycles. The van der Waals surface area contributed by atoms with Gasteiger partial charge in [-0.05, 0) is 46.3 Å². The van der Waals surface area contributed by atoms with Crippen LogP contribution in [0.15, 0.2) is 0 Å². The minimum absolute atomic E-state index is 0.789. The second kappa shape index (κ2) is 4.83. The van der Waals surface area contributed by atoms with Crippen LogP contribution < -0.4 is 5.32 Å². The maximum absolute atomic E-state index is 3.59. The SMILES string of the molecule is CCCNC1CCC(N(C)C)C1. The van der Waals surface area contributed by atoms with Gasteiger partial charge in [-0.3, -0.25) is 0 Å². The molecule has 2 nitrogen and oxygen atoms in total. The predicted molar refractivity (Wildman–Crippen MR) is 53.4 cm³/mol. The quantitative estimate of drug-likeness (QED) is 0.687. The Morgan fingerprint density at radius 3 is 2.58 bits per heavy atom. The van der Waals surface area contributed by atoms with E-state index in [0.29, 0.717) is 0 Å². The number of hydrogen-bond donors (Lipinski definition) is 1. The van der Waals surface area contributed by atoms with Crippen molar-refractivity contribution >= 4 is 0 Å². The summed E-state index contributed by atoms with van der Waals surface area (Å²) < 4.78 is 0. The number of nitrogens with zero attached hydrogens (tertiary/aromatic N) is 1. The molecule has 12 heavy (non-hydrogen) atoms. The van der Waals surface area contributed by atoms with Crippen LogP contribution in [0, 0.1) is 0 Å². The van der Waals surface area contributed by atoms with E-state index in [-0.39, 0.29) is 0 Å². The van der Waals surface area contributed by atoms with E-state index in [1.165, 1.54) is 32.2 Å². The molecule has 1 aliphatic rings. The maximum atomic E-state index is 3.59. The third-order valence-corrected chi connectivity index (χ3v) is 2.82. The van der Waals surface area contributed by atoms with Crippen molar-refractivity contribution in [3.8, 4) is 0 Å². The van der Waals surface area contributed by atoms with Crippen molar-refractivity contribution in [3.63, 3.8) is 0 Å². The lowest BCUT2D eigenvalue weighted by Gasteiger charge is -2.19. The van der Waals surface area contributed by atoms with Crippen LogP contribution in [0.2, 0.25) is 0 Å². The molecule has 0 amide bonds. The average molecular weight is 170 g/mol. The third-order valence-electron chi connectivity index (χ3n) is 2.82. The fourth-order valence-corrected chi connectivity index (χ4v) is 1.96. The molecule has 0 aromatic rings. The first-order valence-corrected chi connectivity index (χ1v) is 5.13. The fraction of sp³-hybridized carbons (Fsp3) is 1.00. The number of rotatable bonds is 4. The van der Waals surface area contributed by atoms with Gasteiger partial charge in [-0.2, -0.15) is 0 Å². The molecule has 2 atom stereocenters. The molecule has 0 saturated heterocycles. The highest BCUT2D eigenvalue weighted by Crippen LogP contribution is 2.22. The normalized spacial score (nSPS) is 30.0. The Hall–Kier alpha value is -0.0800. The highest BCUT2D eigenvalue weighted by atomic mass is 15.1. The van der Waals surface area contributed by atoms with E-state index in [2.05, 4.69) is 31.2 Å². The summed E-state index contributed by atoms with van der Waals surface area (Å²) in [4.78, 5) is 2.35. The van der Waals surface area contributed by atoms with Crippen LogP contribution >= 0.6 is 0 Å². The molecule has 1 rings (SSSR count). The molecule has 2 unspecified atom stereocenters. The van der Waals surface area contributed by atoms with Gasteiger partial charge >= 0.3 is 0 Å². The lowest BCUT2D eigenvalue weighted by atomic mass is 10.2. The molecule has 0 radical (unpaired) electrons. The lowest BCUT2D eigenvalue weighted by molar-refractivity contribution is 0.293. The Labute approximate surface area is 76.3 Å². The van der Waals surface area contributed by atoms with E-state index in [9.17, 15) is 0 Å². The molecule has 0 aromatic carbocycles. The van der Waals surface area contributed by atoms with E-state index >= 15 is 0 Å². The van der Waals surface area contributed by atoms with E-state index in [1.807, 2.05) is 0 Å². The lowest BCUT2D eigenvalue weighted by Crippen LogP contribution is -2.31. The van der Waals surface area contributed by atoms with Crippen LogP contribution in [0.1, 0.15) is 32.6 Å². The monoisotopic (exact) mass is 170 g/mol. The van der Waals surface area contributed by atoms with Crippen molar-refractivity contribution in [2.24, 2.45) is 0 Å². The summed E-state index contributed by atoms with van der Waals surface area (Å²) in [6, 6.07) is 1.61. The molecular formula is C10H22N2. The molecule has 1 saturated carbocycles. The van der Waals surface area contributed by atoms with Crippen LogP contribution in [-0.4, -0.2) is 37.6 Å². The zero-order valence-corrected chi connectivity index (χ0v) is 8.64. The zero-order chi connectivity index (χ0) is 8.97. The van der Waals surface area contributed by atoms with Crippen molar-refractivity contribution < 1.29 is 0 Å². The number of hydrogen-bond acceptors (Lipinski definition) is 2. The summed E-state index contributed by atoms with van der Waals surface area (Å²) in [7, 11) is 4.37. The van der Waals surface area contributed by atoms with Crippen LogP contribution in [0.4, 0.5) is 0 Å². The van der Waals surface area contributed by atoms with Crippen LogP contribution in [0.3, 0.4) is 0 Å². The van der Waals surface area contributed by atoms with Crippen LogP contribution in [0.5, 0.6) is 0 Å². The summed E-state index contributed by atoms with van der Waals surface area (Å²) in [6.07, 6.45) is 5.33. The van der Waals surface area contributed by atoms with Crippen molar-refractivity contribution in [1.29, 1.82) is 0 Å². The van der Waals surface area contributed by atoms with Crippen molar-refractivity contribution in [1.82, 2.24) is 10.2 Å². The molecule has 1 aliphatic carbocycles. The van der Waals surface area contributed by atoms with Crippen molar-refractivity contribution in [2.45, 2.75) is 44.7 Å². The summed E-state index contributed by atoms with van der Waals surface area (Å²) in [5.74, 6) is 0. The zero-order valence-electron chi connectivity index (χ0n) is 8.64. The highest BCUT2D eigenvalue weighted by Gasteiger charge is 2.24. The Kier molecular flexibility index (Phi) is 4.02. The van der Waals surface area contributed by atoms with Gasteiger partial charge in [-0.1, -0.05) is 6.92 Å². The predicted octanol–water partition coefficient (Wildman–Crippen LogP) is 1.47. The third kappa shape index (κ3) is 2.76. The highest BCUT2D eigenvalue weighted by molar-refractivity contribution is 4.84. The van der Waals surface area contributed by atoms with Gasteiger partial charge in [-0.25, -0.2) is 0 Å².